The molecule has 0 nitrogen and oxygen atoms in total. The van der Waals surface area contributed by atoms with E-state index in [-0.39, 0.29) is 245 Å². The molecule has 75 heteroatoms. The van der Waals surface area contributed by atoms with Crippen LogP contribution in [0.2, 0.25) is 0 Å². The summed E-state index contributed by atoms with van der Waals surface area (Å²) in [6.45, 7) is -11.2. The average molecular weight is 2400 g/mol. The summed E-state index contributed by atoms with van der Waals surface area (Å²) in [6, 6.07) is 0. The van der Waals surface area contributed by atoms with Gasteiger partial charge >= 0.3 is 0 Å². The van der Waals surface area contributed by atoms with Gasteiger partial charge in [0, 0.05) is 0 Å². The number of rotatable bonds is 36. The molecule has 0 aliphatic heterocycles. The molecule has 0 radical (unpaired) electrons. The Morgan fingerprint density at radius 2 is 0.200 bits per heavy atom. The van der Waals surface area contributed by atoms with Crippen molar-refractivity contribution in [3.63, 3.8) is 0 Å². The third-order valence-corrected chi connectivity index (χ3v) is 535. The van der Waals surface area contributed by atoms with Gasteiger partial charge in [-0.15, -0.1) is 339 Å². The first kappa shape index (κ1) is 107. The zero-order valence-electron chi connectivity index (χ0n) is 38.5. The largest absolute Gasteiger partial charge is 0.109 e. The Bertz CT molecular complexity index is 1240. The quantitative estimate of drug-likeness (QED) is 0.0549. The fraction of sp³-hybridized carbons (Fsp3) is 0. The lowest BCUT2D eigenvalue weighted by Gasteiger charge is -2.62. The van der Waals surface area contributed by atoms with Crippen LogP contribution >= 0.6 is 599 Å². The summed E-state index contributed by atoms with van der Waals surface area (Å²) in [5, 5.41) is 0. The lowest BCUT2D eigenvalue weighted by Crippen LogP contribution is -1.75. The van der Waals surface area contributed by atoms with Crippen molar-refractivity contribution in [2.24, 2.45) is 0 Å². The van der Waals surface area contributed by atoms with Crippen molar-refractivity contribution in [2.45, 2.75) is 0 Å². The fourth-order valence-corrected chi connectivity index (χ4v) is 1100. The van der Waals surface area contributed by atoms with E-state index < -0.39 is 6.99 Å². The van der Waals surface area contributed by atoms with Crippen molar-refractivity contribution in [1.29, 1.82) is 0 Å². The highest BCUT2D eigenvalue weighted by Gasteiger charge is 2.64. The van der Waals surface area contributed by atoms with Gasteiger partial charge in [0.2, 0.25) is 0 Å². The molecule has 0 aromatic heterocycles. The minimum atomic E-state index is -0.406. The third-order valence-electron chi connectivity index (χ3n) is 6.60. The van der Waals surface area contributed by atoms with Crippen LogP contribution in [-0.4, -0.2) is 0 Å². The van der Waals surface area contributed by atoms with Crippen molar-refractivity contribution in [2.75, 3.05) is 0 Å². The highest BCUT2D eigenvalue weighted by atomic mass is 33.6. The molecule has 43 unspecified atom stereocenters. The van der Waals surface area contributed by atoms with E-state index >= 15 is 0 Å². The molecule has 0 aromatic rings. The molecule has 0 aliphatic rings. The zero-order valence-corrected chi connectivity index (χ0v) is 116. The summed E-state index contributed by atoms with van der Waals surface area (Å²) < 4.78 is 0. The summed E-state index contributed by atoms with van der Waals surface area (Å²) in [4.78, 5) is 0. The van der Waals surface area contributed by atoms with Crippen LogP contribution in [0, 0.1) is 0 Å². The summed E-state index contributed by atoms with van der Waals surface area (Å²) in [6.07, 6.45) is 0. The van der Waals surface area contributed by atoms with E-state index in [0.717, 1.165) is 7.96 Å². The summed E-state index contributed by atoms with van der Waals surface area (Å²) in [5.74, 6) is 0. The van der Waals surface area contributed by atoms with Gasteiger partial charge in [-0.25, -0.2) is 0 Å². The second kappa shape index (κ2) is 59.0. The van der Waals surface area contributed by atoms with Gasteiger partial charge in [0.25, 0.3) is 0 Å². The van der Waals surface area contributed by atoms with Crippen molar-refractivity contribution in [3.8, 4) is 0 Å². The molecular weight excluding hydrogens is 2320 g/mol. The standard InChI is InChI=1S/H77P75/c1-39-58(38)68(59(40(2)3)41(4)5)73(69(60(42(6)7)43(8)9)61(44(10)11)45(12)13)75(72(66(54(30)31)55(32)33)67(56(34)35)57(36)37)74(70(62(46(14)15)47(16)17)63(48(18)19)49(20)21)71(64(50(22)23)51(24)25)65(52(26)27)53(28)29/h39H,1-38H2. The molecule has 0 aliphatic carbocycles. The minimum absolute atomic E-state index is 0.246. The molecule has 75 heavy (non-hydrogen) atoms. The number of hydrogen-bond donors (Lipinski definition) is 0. The highest BCUT2D eigenvalue weighted by Crippen LogP contribution is 3.51. The maximum absolute atomic E-state index is 3.88. The second-order valence-corrected chi connectivity index (χ2v) is 321. The Balaban J connectivity index is 12.2. The Hall–Kier alpha value is 32.2. The van der Waals surface area contributed by atoms with E-state index in [1.807, 2.05) is 0 Å². The first-order valence-electron chi connectivity index (χ1n) is 17.1. The van der Waals surface area contributed by atoms with E-state index in [1.165, 1.54) is 0 Å². The van der Waals surface area contributed by atoms with Crippen LogP contribution in [0.5, 0.6) is 0 Å². The first-order chi connectivity index (χ1) is 34.1. The molecule has 0 bridgehead atoms. The Kier molecular flexibility index (Phi) is 84.4. The average Bonchev–Trinajstić information content (AvgIpc) is 3.19. The van der Waals surface area contributed by atoms with Crippen molar-refractivity contribution >= 4 is 599 Å². The molecule has 452 valence electrons. The summed E-state index contributed by atoms with van der Waals surface area (Å²) in [5.41, 5.74) is 0. The molecule has 0 amide bonds. The zero-order chi connectivity index (χ0) is 59.5. The molecule has 0 heterocycles. The van der Waals surface area contributed by atoms with Gasteiger partial charge in [-0.2, -0.15) is 0 Å². The number of hydrogen-bond acceptors (Lipinski definition) is 0. The lowest BCUT2D eigenvalue weighted by atomic mass is 28.4. The van der Waals surface area contributed by atoms with Crippen LogP contribution in [0.25, 0.3) is 0 Å². The van der Waals surface area contributed by atoms with Gasteiger partial charge in [-0.05, 0) is 252 Å². The SMILES string of the molecule is PPP(P)P(P(P(P)P)P(P)P)P(P(P(P(P)P)P(P)P)P(P(P)P)P(P)P)P(P(P(P(P)P)P(P)P)P(P(P)P)P(P)P)P(P(P(P(P)P)P(P)P)P(P(P)P)P(P)P)P(P(P(P)P)P(P)P)P(P(P)P)P(P)P. The molecule has 0 spiro atoms. The van der Waals surface area contributed by atoms with Crippen LogP contribution in [0.3, 0.4) is 0 Å². The Morgan fingerprint density at radius 1 is 0.120 bits per heavy atom. The molecule has 0 rings (SSSR count). The van der Waals surface area contributed by atoms with Gasteiger partial charge in [-0.1, -0.05) is 7.96 Å². The van der Waals surface area contributed by atoms with E-state index in [4.69, 9.17) is 0 Å². The van der Waals surface area contributed by atoms with Gasteiger partial charge in [0.05, 0.1) is 0 Å². The van der Waals surface area contributed by atoms with Crippen molar-refractivity contribution in [3.05, 3.63) is 0 Å². The maximum atomic E-state index is 3.88. The first-order valence-corrected chi connectivity index (χ1v) is 154. The predicted octanol–water partition coefficient (Wildman–Crippen LogP) is 44.0. The highest BCUT2D eigenvalue weighted by molar-refractivity contribution is 9.57. The van der Waals surface area contributed by atoms with E-state index in [2.05, 4.69) is 339 Å². The smallest absolute Gasteiger partial charge is 0.00000647 e. The Morgan fingerprint density at radius 3 is 0.293 bits per heavy atom. The van der Waals surface area contributed by atoms with Gasteiger partial charge < -0.3 is 0 Å². The second-order valence-electron chi connectivity index (χ2n) is 11.9. The molecule has 43 atom stereocenters. The van der Waals surface area contributed by atoms with Crippen LogP contribution < -0.4 is 0 Å². The molecule has 0 saturated carbocycles. The molecule has 0 fully saturated rings. The van der Waals surface area contributed by atoms with Gasteiger partial charge in [-0.3, -0.25) is 0 Å². The van der Waals surface area contributed by atoms with Crippen LogP contribution in [0.1, 0.15) is 0 Å². The lowest BCUT2D eigenvalue weighted by molar-refractivity contribution is 4.31. The van der Waals surface area contributed by atoms with E-state index in [0.29, 0.717) is 0 Å². The maximum Gasteiger partial charge on any atom is -0.00000647 e. The van der Waals surface area contributed by atoms with Gasteiger partial charge in [0.15, 0.2) is 0 Å². The van der Waals surface area contributed by atoms with Crippen LogP contribution in [0.15, 0.2) is 0 Å². The molecule has 0 N–H and O–H groups in total. The monoisotopic (exact) mass is 2400 g/mol. The molecule has 0 saturated heterocycles. The van der Waals surface area contributed by atoms with Crippen LogP contribution in [0.4, 0.5) is 0 Å². The van der Waals surface area contributed by atoms with Crippen molar-refractivity contribution < 1.29 is 0 Å². The van der Waals surface area contributed by atoms with Crippen LogP contribution in [-0.2, 0) is 0 Å². The predicted molar refractivity (Wildman–Crippen MR) is 626 cm³/mol. The summed E-state index contributed by atoms with van der Waals surface area (Å²) >= 11 is 0. The van der Waals surface area contributed by atoms with E-state index in [1.54, 1.807) is 0 Å². The normalized spacial score (nSPS) is 16.2. The van der Waals surface area contributed by atoms with Crippen molar-refractivity contribution in [1.82, 2.24) is 0 Å². The van der Waals surface area contributed by atoms with Gasteiger partial charge in [0.1, 0.15) is 0 Å². The minimum Gasteiger partial charge on any atom is -0.109 e. The molecule has 0 aromatic carbocycles. The Labute approximate surface area is 589 Å². The topological polar surface area (TPSA) is 0 Å². The fourth-order valence-electron chi connectivity index (χ4n) is 4.53. The third kappa shape index (κ3) is 38.0. The summed E-state index contributed by atoms with van der Waals surface area (Å²) in [7, 11) is 140. The van der Waals surface area contributed by atoms with E-state index in [9.17, 15) is 0 Å². The molecular formula is H77P75.